The topological polar surface area (TPSA) is 43.1 Å². The van der Waals surface area contributed by atoms with Crippen molar-refractivity contribution in [1.82, 2.24) is 4.98 Å². The van der Waals surface area contributed by atoms with Gasteiger partial charge in [-0.1, -0.05) is 17.7 Å². The predicted molar refractivity (Wildman–Crippen MR) is 83.2 cm³/mol. The Morgan fingerprint density at radius 2 is 1.84 bits per heavy atom. The second-order valence-electron chi connectivity index (χ2n) is 4.33. The fourth-order valence-corrected chi connectivity index (χ4v) is 2.36. The molecule has 0 saturated carbocycles. The zero-order valence-electron chi connectivity index (χ0n) is 10.2. The molecule has 1 aromatic heterocycles. The van der Waals surface area contributed by atoms with Crippen molar-refractivity contribution in [2.24, 2.45) is 0 Å². The van der Waals surface area contributed by atoms with E-state index in [0.29, 0.717) is 16.8 Å². The maximum Gasteiger partial charge on any atom is 0.347 e. The highest BCUT2D eigenvalue weighted by Gasteiger charge is 2.08. The Balaban J connectivity index is 2.24. The minimum absolute atomic E-state index is 0.348. The zero-order valence-corrected chi connectivity index (χ0v) is 12.3. The number of aromatic nitrogens is 1. The van der Waals surface area contributed by atoms with E-state index in [1.807, 2.05) is 43.3 Å². The van der Waals surface area contributed by atoms with Gasteiger partial charge in [0.1, 0.15) is 0 Å². The lowest BCUT2D eigenvalue weighted by Gasteiger charge is -2.02. The van der Waals surface area contributed by atoms with Crippen molar-refractivity contribution in [3.05, 3.63) is 62.0 Å². The fraction of sp³-hybridized carbons (Fsp3) is 0.0667. The van der Waals surface area contributed by atoms with Crippen LogP contribution >= 0.6 is 22.6 Å². The van der Waals surface area contributed by atoms with E-state index in [4.69, 9.17) is 4.42 Å². The molecule has 4 heteroatoms. The van der Waals surface area contributed by atoms with E-state index in [2.05, 4.69) is 27.6 Å². The highest BCUT2D eigenvalue weighted by Crippen LogP contribution is 2.20. The Morgan fingerprint density at radius 1 is 1.11 bits per heavy atom. The minimum Gasteiger partial charge on any atom is -0.403 e. The second kappa shape index (κ2) is 4.77. The Labute approximate surface area is 123 Å². The average molecular weight is 363 g/mol. The highest BCUT2D eigenvalue weighted by atomic mass is 127. The molecule has 0 radical (unpaired) electrons. The molecule has 19 heavy (non-hydrogen) atoms. The zero-order chi connectivity index (χ0) is 13.4. The van der Waals surface area contributed by atoms with E-state index in [1.54, 1.807) is 6.07 Å². The molecule has 1 heterocycles. The third-order valence-electron chi connectivity index (χ3n) is 2.89. The van der Waals surface area contributed by atoms with Gasteiger partial charge in [0.05, 0.1) is 10.9 Å². The lowest BCUT2D eigenvalue weighted by molar-refractivity contribution is 0.518. The van der Waals surface area contributed by atoms with Crippen molar-refractivity contribution >= 4 is 33.5 Å². The normalized spacial score (nSPS) is 10.8. The van der Waals surface area contributed by atoms with Crippen LogP contribution in [0.4, 0.5) is 0 Å². The van der Waals surface area contributed by atoms with Crippen LogP contribution in [0.25, 0.3) is 22.4 Å². The standard InChI is InChI=1S/C15H10INO2/c1-9-2-4-10(5-3-9)14-17-13-7-6-11(16)8-12(13)15(18)19-14/h2-8H,1H3. The van der Waals surface area contributed by atoms with Crippen LogP contribution in [-0.2, 0) is 0 Å². The van der Waals surface area contributed by atoms with E-state index in [1.165, 1.54) is 0 Å². The summed E-state index contributed by atoms with van der Waals surface area (Å²) in [5.74, 6) is 0.360. The molecule has 3 aromatic rings. The smallest absolute Gasteiger partial charge is 0.347 e. The van der Waals surface area contributed by atoms with Gasteiger partial charge in [-0.05, 0) is 59.8 Å². The van der Waals surface area contributed by atoms with Crippen LogP contribution in [0.5, 0.6) is 0 Å². The molecule has 0 saturated heterocycles. The first-order chi connectivity index (χ1) is 9.13. The van der Waals surface area contributed by atoms with Crippen molar-refractivity contribution in [2.75, 3.05) is 0 Å². The Kier molecular flexibility index (Phi) is 3.10. The lowest BCUT2D eigenvalue weighted by Crippen LogP contribution is -2.03. The summed E-state index contributed by atoms with van der Waals surface area (Å²) in [6, 6.07) is 13.3. The van der Waals surface area contributed by atoms with Crippen LogP contribution in [0.2, 0.25) is 0 Å². The van der Waals surface area contributed by atoms with Gasteiger partial charge in [-0.25, -0.2) is 9.78 Å². The molecule has 0 amide bonds. The quantitative estimate of drug-likeness (QED) is 0.619. The summed E-state index contributed by atoms with van der Waals surface area (Å²) in [7, 11) is 0. The molecule has 0 N–H and O–H groups in total. The molecule has 3 rings (SSSR count). The first-order valence-electron chi connectivity index (χ1n) is 5.81. The lowest BCUT2D eigenvalue weighted by atomic mass is 10.1. The Morgan fingerprint density at radius 3 is 2.58 bits per heavy atom. The molecule has 3 nitrogen and oxygen atoms in total. The second-order valence-corrected chi connectivity index (χ2v) is 5.58. The largest absolute Gasteiger partial charge is 0.403 e. The van der Waals surface area contributed by atoms with Crippen molar-refractivity contribution in [3.63, 3.8) is 0 Å². The number of benzene rings is 2. The van der Waals surface area contributed by atoms with Gasteiger partial charge in [0.25, 0.3) is 0 Å². The molecule has 0 unspecified atom stereocenters. The van der Waals surface area contributed by atoms with E-state index < -0.39 is 0 Å². The molecule has 2 aromatic carbocycles. The molecule has 0 aliphatic heterocycles. The Hall–Kier alpha value is -1.69. The predicted octanol–water partition coefficient (Wildman–Crippen LogP) is 3.77. The molecule has 0 bridgehead atoms. The molecule has 0 spiro atoms. The maximum atomic E-state index is 12.0. The molecule has 0 aliphatic rings. The van der Waals surface area contributed by atoms with Gasteiger partial charge < -0.3 is 4.42 Å². The average Bonchev–Trinajstić information content (AvgIpc) is 2.40. The van der Waals surface area contributed by atoms with E-state index >= 15 is 0 Å². The summed E-state index contributed by atoms with van der Waals surface area (Å²) in [5, 5.41) is 0.516. The van der Waals surface area contributed by atoms with Crippen molar-refractivity contribution in [1.29, 1.82) is 0 Å². The van der Waals surface area contributed by atoms with Crippen molar-refractivity contribution in [3.8, 4) is 11.5 Å². The number of halogens is 1. The molecule has 0 aliphatic carbocycles. The van der Waals surface area contributed by atoms with Crippen LogP contribution in [0.1, 0.15) is 5.56 Å². The highest BCUT2D eigenvalue weighted by molar-refractivity contribution is 14.1. The first kappa shape index (κ1) is 12.3. The minimum atomic E-state index is -0.348. The van der Waals surface area contributed by atoms with E-state index in [9.17, 15) is 4.79 Å². The molecule has 94 valence electrons. The summed E-state index contributed by atoms with van der Waals surface area (Å²) in [6.07, 6.45) is 0. The van der Waals surface area contributed by atoms with Gasteiger partial charge in [0.2, 0.25) is 5.89 Å². The van der Waals surface area contributed by atoms with E-state index in [-0.39, 0.29) is 5.63 Å². The van der Waals surface area contributed by atoms with Crippen LogP contribution in [-0.4, -0.2) is 4.98 Å². The van der Waals surface area contributed by atoms with Gasteiger partial charge in [-0.15, -0.1) is 0 Å². The van der Waals surface area contributed by atoms with Crippen molar-refractivity contribution in [2.45, 2.75) is 6.92 Å². The number of nitrogens with zero attached hydrogens (tertiary/aromatic N) is 1. The third kappa shape index (κ3) is 2.40. The monoisotopic (exact) mass is 363 g/mol. The van der Waals surface area contributed by atoms with Crippen LogP contribution in [0.15, 0.2) is 51.7 Å². The van der Waals surface area contributed by atoms with Crippen LogP contribution in [0.3, 0.4) is 0 Å². The molecular weight excluding hydrogens is 353 g/mol. The van der Waals surface area contributed by atoms with Crippen molar-refractivity contribution < 1.29 is 4.42 Å². The number of rotatable bonds is 1. The van der Waals surface area contributed by atoms with Crippen LogP contribution in [0, 0.1) is 10.5 Å². The maximum absolute atomic E-state index is 12.0. The van der Waals surface area contributed by atoms with E-state index in [0.717, 1.165) is 14.7 Å². The third-order valence-corrected chi connectivity index (χ3v) is 3.56. The summed E-state index contributed by atoms with van der Waals surface area (Å²) in [4.78, 5) is 16.4. The molecule has 0 atom stereocenters. The Bertz CT molecular complexity index is 806. The van der Waals surface area contributed by atoms with Gasteiger partial charge in [0, 0.05) is 9.13 Å². The van der Waals surface area contributed by atoms with Gasteiger partial charge in [0.15, 0.2) is 0 Å². The number of hydrogen-bond donors (Lipinski definition) is 0. The summed E-state index contributed by atoms with van der Waals surface area (Å²) in [5.41, 5.74) is 2.27. The summed E-state index contributed by atoms with van der Waals surface area (Å²) >= 11 is 2.16. The first-order valence-corrected chi connectivity index (χ1v) is 6.89. The SMILES string of the molecule is Cc1ccc(-c2nc3ccc(I)cc3c(=O)o2)cc1. The summed E-state index contributed by atoms with van der Waals surface area (Å²) < 4.78 is 6.29. The van der Waals surface area contributed by atoms with Gasteiger partial charge in [-0.2, -0.15) is 0 Å². The molecular formula is C15H10INO2. The summed E-state index contributed by atoms with van der Waals surface area (Å²) in [6.45, 7) is 2.01. The number of aryl methyl sites for hydroxylation is 1. The van der Waals surface area contributed by atoms with Gasteiger partial charge in [-0.3, -0.25) is 0 Å². The van der Waals surface area contributed by atoms with Crippen LogP contribution < -0.4 is 5.63 Å². The number of fused-ring (bicyclic) bond motifs is 1. The van der Waals surface area contributed by atoms with Gasteiger partial charge >= 0.3 is 5.63 Å². The fourth-order valence-electron chi connectivity index (χ4n) is 1.86. The number of hydrogen-bond acceptors (Lipinski definition) is 3. The molecule has 0 fully saturated rings.